The lowest BCUT2D eigenvalue weighted by molar-refractivity contribution is 0.795. The zero-order valence-electron chi connectivity index (χ0n) is 16.5. The van der Waals surface area contributed by atoms with Gasteiger partial charge in [-0.25, -0.2) is 15.0 Å². The first-order valence-corrected chi connectivity index (χ1v) is 9.94. The Morgan fingerprint density at radius 2 is 1.89 bits per heavy atom. The fraction of sp³-hybridized carbons (Fsp3) is 0.350. The third-order valence-corrected chi connectivity index (χ3v) is 5.26. The number of guanidine groups is 1. The van der Waals surface area contributed by atoms with Gasteiger partial charge in [0.05, 0.1) is 25.1 Å². The van der Waals surface area contributed by atoms with E-state index < -0.39 is 0 Å². The van der Waals surface area contributed by atoms with E-state index in [4.69, 9.17) is 0 Å². The van der Waals surface area contributed by atoms with E-state index in [1.165, 1.54) is 16.0 Å². The first kappa shape index (κ1) is 22.4. The van der Waals surface area contributed by atoms with Crippen LogP contribution in [-0.2, 0) is 19.6 Å². The zero-order valence-corrected chi connectivity index (χ0v) is 19.6. The van der Waals surface area contributed by atoms with Gasteiger partial charge in [0.1, 0.15) is 5.01 Å². The second-order valence-electron chi connectivity index (χ2n) is 6.35. The zero-order chi connectivity index (χ0) is 19.1. The van der Waals surface area contributed by atoms with Crippen molar-refractivity contribution in [1.82, 2.24) is 25.2 Å². The molecule has 1 aromatic carbocycles. The van der Waals surface area contributed by atoms with E-state index in [-0.39, 0.29) is 24.0 Å². The number of aryl methyl sites for hydroxylation is 2. The highest BCUT2D eigenvalue weighted by molar-refractivity contribution is 14.0. The first-order chi connectivity index (χ1) is 13.1. The standard InChI is InChI=1S/C20H26N6S.HI/c1-4-22-20(24-12-19-25-15(2)16(3)27-19)23-11-17-5-7-18(8-6-17)13-26-10-9-21-14-26;/h5-10,14H,4,11-13H2,1-3H3,(H2,22,23,24);1H. The maximum atomic E-state index is 4.69. The highest BCUT2D eigenvalue weighted by Gasteiger charge is 2.05. The lowest BCUT2D eigenvalue weighted by atomic mass is 10.1. The van der Waals surface area contributed by atoms with Crippen LogP contribution in [0, 0.1) is 13.8 Å². The van der Waals surface area contributed by atoms with Gasteiger partial charge in [0.25, 0.3) is 0 Å². The average molecular weight is 510 g/mol. The molecule has 0 aliphatic heterocycles. The van der Waals surface area contributed by atoms with Crippen molar-refractivity contribution >= 4 is 41.3 Å². The van der Waals surface area contributed by atoms with Gasteiger partial charge in [0, 0.05) is 30.4 Å². The Morgan fingerprint density at radius 3 is 2.50 bits per heavy atom. The van der Waals surface area contributed by atoms with Gasteiger partial charge >= 0.3 is 0 Å². The van der Waals surface area contributed by atoms with Crippen LogP contribution in [-0.4, -0.2) is 27.0 Å². The molecule has 0 spiro atoms. The van der Waals surface area contributed by atoms with Crippen LogP contribution in [0.3, 0.4) is 0 Å². The summed E-state index contributed by atoms with van der Waals surface area (Å²) in [5.41, 5.74) is 3.54. The Balaban J connectivity index is 0.00000280. The number of rotatable bonds is 7. The van der Waals surface area contributed by atoms with Crippen molar-refractivity contribution in [2.75, 3.05) is 6.54 Å². The van der Waals surface area contributed by atoms with Crippen LogP contribution < -0.4 is 10.6 Å². The maximum Gasteiger partial charge on any atom is 0.191 e. The van der Waals surface area contributed by atoms with Crippen molar-refractivity contribution in [2.24, 2.45) is 4.99 Å². The molecule has 150 valence electrons. The normalized spacial score (nSPS) is 11.2. The molecule has 0 aliphatic carbocycles. The Kier molecular flexibility index (Phi) is 8.91. The Hall–Kier alpha value is -1.94. The number of aliphatic imine (C=N–C) groups is 1. The molecule has 3 aromatic rings. The SMILES string of the molecule is CCNC(=NCc1ccc(Cn2ccnc2)cc1)NCc1nc(C)c(C)s1.I. The van der Waals surface area contributed by atoms with E-state index in [0.29, 0.717) is 13.1 Å². The molecule has 0 radical (unpaired) electrons. The average Bonchev–Trinajstić information content (AvgIpc) is 3.28. The largest absolute Gasteiger partial charge is 0.357 e. The number of nitrogens with zero attached hydrogens (tertiary/aromatic N) is 4. The van der Waals surface area contributed by atoms with Crippen molar-refractivity contribution in [3.63, 3.8) is 0 Å². The van der Waals surface area contributed by atoms with Gasteiger partial charge in [0.2, 0.25) is 0 Å². The molecule has 0 amide bonds. The summed E-state index contributed by atoms with van der Waals surface area (Å²) in [5.74, 6) is 0.811. The minimum Gasteiger partial charge on any atom is -0.357 e. The Morgan fingerprint density at radius 1 is 1.14 bits per heavy atom. The molecule has 6 nitrogen and oxygen atoms in total. The first-order valence-electron chi connectivity index (χ1n) is 9.12. The van der Waals surface area contributed by atoms with Gasteiger partial charge in [-0.05, 0) is 31.9 Å². The number of aromatic nitrogens is 3. The summed E-state index contributed by atoms with van der Waals surface area (Å²) in [6.45, 7) is 9.20. The van der Waals surface area contributed by atoms with Crippen LogP contribution >= 0.6 is 35.3 Å². The van der Waals surface area contributed by atoms with Crippen LogP contribution in [0.25, 0.3) is 0 Å². The van der Waals surface area contributed by atoms with E-state index in [0.717, 1.165) is 29.8 Å². The van der Waals surface area contributed by atoms with Gasteiger partial charge in [-0.1, -0.05) is 24.3 Å². The quantitative estimate of drug-likeness (QED) is 0.288. The summed E-state index contributed by atoms with van der Waals surface area (Å²) in [6.07, 6.45) is 5.60. The molecular formula is C20H27IN6S. The van der Waals surface area contributed by atoms with E-state index in [9.17, 15) is 0 Å². The number of hydrogen-bond donors (Lipinski definition) is 2. The number of imidazole rings is 1. The highest BCUT2D eigenvalue weighted by Crippen LogP contribution is 2.16. The summed E-state index contributed by atoms with van der Waals surface area (Å²) in [5, 5.41) is 7.74. The van der Waals surface area contributed by atoms with Gasteiger partial charge in [-0.15, -0.1) is 35.3 Å². The van der Waals surface area contributed by atoms with Gasteiger partial charge in [-0.2, -0.15) is 0 Å². The predicted octanol–water partition coefficient (Wildman–Crippen LogP) is 3.88. The van der Waals surface area contributed by atoms with E-state index >= 15 is 0 Å². The second-order valence-corrected chi connectivity index (χ2v) is 7.64. The molecule has 2 heterocycles. The monoisotopic (exact) mass is 510 g/mol. The maximum absolute atomic E-state index is 4.69. The molecule has 2 N–H and O–H groups in total. The van der Waals surface area contributed by atoms with Crippen LogP contribution in [0.15, 0.2) is 48.0 Å². The van der Waals surface area contributed by atoms with Crippen LogP contribution in [0.1, 0.15) is 33.6 Å². The predicted molar refractivity (Wildman–Crippen MR) is 126 cm³/mol. The molecular weight excluding hydrogens is 483 g/mol. The van der Waals surface area contributed by atoms with Crippen LogP contribution in [0.2, 0.25) is 0 Å². The number of thiazole rings is 1. The molecule has 0 saturated heterocycles. The number of halogens is 1. The fourth-order valence-corrected chi connectivity index (χ4v) is 3.50. The van der Waals surface area contributed by atoms with Gasteiger partial charge < -0.3 is 15.2 Å². The molecule has 28 heavy (non-hydrogen) atoms. The van der Waals surface area contributed by atoms with Crippen molar-refractivity contribution in [3.8, 4) is 0 Å². The van der Waals surface area contributed by atoms with Gasteiger partial charge in [0.15, 0.2) is 5.96 Å². The van der Waals surface area contributed by atoms with E-state index in [1.807, 2.05) is 19.4 Å². The minimum atomic E-state index is 0. The fourth-order valence-electron chi connectivity index (χ4n) is 2.63. The van der Waals surface area contributed by atoms with E-state index in [1.54, 1.807) is 17.5 Å². The molecule has 0 saturated carbocycles. The molecule has 0 aliphatic rings. The smallest absolute Gasteiger partial charge is 0.191 e. The highest BCUT2D eigenvalue weighted by atomic mass is 127. The van der Waals surface area contributed by atoms with Crippen molar-refractivity contribution in [3.05, 3.63) is 69.7 Å². The molecule has 8 heteroatoms. The molecule has 3 rings (SSSR count). The van der Waals surface area contributed by atoms with E-state index in [2.05, 4.69) is 68.3 Å². The van der Waals surface area contributed by atoms with Crippen LogP contribution in [0.5, 0.6) is 0 Å². The topological polar surface area (TPSA) is 67.1 Å². The van der Waals surface area contributed by atoms with Crippen molar-refractivity contribution in [1.29, 1.82) is 0 Å². The minimum absolute atomic E-state index is 0. The summed E-state index contributed by atoms with van der Waals surface area (Å²) < 4.78 is 2.06. The van der Waals surface area contributed by atoms with Gasteiger partial charge in [-0.3, -0.25) is 0 Å². The summed E-state index contributed by atoms with van der Waals surface area (Å²) in [7, 11) is 0. The number of benzene rings is 1. The number of nitrogens with one attached hydrogen (secondary N) is 2. The summed E-state index contributed by atoms with van der Waals surface area (Å²) in [4.78, 5) is 14.6. The van der Waals surface area contributed by atoms with Crippen molar-refractivity contribution < 1.29 is 0 Å². The summed E-state index contributed by atoms with van der Waals surface area (Å²) >= 11 is 1.73. The van der Waals surface area contributed by atoms with Crippen molar-refractivity contribution in [2.45, 2.75) is 40.4 Å². The van der Waals surface area contributed by atoms with Crippen LogP contribution in [0.4, 0.5) is 0 Å². The molecule has 2 aromatic heterocycles. The Labute approximate surface area is 187 Å². The molecule has 0 fully saturated rings. The number of hydrogen-bond acceptors (Lipinski definition) is 4. The molecule has 0 unspecified atom stereocenters. The summed E-state index contributed by atoms with van der Waals surface area (Å²) in [6, 6.07) is 8.55. The third kappa shape index (κ3) is 6.59. The third-order valence-electron chi connectivity index (χ3n) is 4.19. The second kappa shape index (κ2) is 11.2. The molecule has 0 atom stereocenters. The lowest BCUT2D eigenvalue weighted by Gasteiger charge is -2.10. The molecule has 0 bridgehead atoms. The lowest BCUT2D eigenvalue weighted by Crippen LogP contribution is -2.36. The Bertz CT molecular complexity index is 851.